The van der Waals surface area contributed by atoms with Crippen LogP contribution in [0.4, 0.5) is 5.69 Å². The highest BCUT2D eigenvalue weighted by molar-refractivity contribution is 9.10. The Kier molecular flexibility index (Phi) is 12.0. The lowest BCUT2D eigenvalue weighted by Crippen LogP contribution is -2.48. The number of carbonyl (C=O) groups is 3. The first-order chi connectivity index (χ1) is 18.4. The average Bonchev–Trinajstić information content (AvgIpc) is 2.93. The van der Waals surface area contributed by atoms with Gasteiger partial charge in [0.05, 0.1) is 12.2 Å². The Morgan fingerprint density at radius 2 is 1.68 bits per heavy atom. The van der Waals surface area contributed by atoms with E-state index in [0.717, 1.165) is 55.8 Å². The summed E-state index contributed by atoms with van der Waals surface area (Å²) in [5, 5.41) is 5.43. The number of amides is 3. The highest BCUT2D eigenvalue weighted by atomic mass is 79.9. The van der Waals surface area contributed by atoms with Crippen LogP contribution in [0.3, 0.4) is 0 Å². The van der Waals surface area contributed by atoms with Crippen LogP contribution >= 0.6 is 28.1 Å². The third kappa shape index (κ3) is 9.40. The summed E-state index contributed by atoms with van der Waals surface area (Å²) < 4.78 is 6.55. The molecule has 0 bridgehead atoms. The first-order valence-electron chi connectivity index (χ1n) is 13.1. The van der Waals surface area contributed by atoms with Crippen molar-refractivity contribution in [2.75, 3.05) is 11.9 Å². The molecular formula is C28H35BrN4O4S. The van der Waals surface area contributed by atoms with Gasteiger partial charge in [-0.3, -0.25) is 30.6 Å². The van der Waals surface area contributed by atoms with Crippen LogP contribution in [-0.2, 0) is 4.79 Å². The maximum atomic E-state index is 12.8. The number of nitrogens with one attached hydrogen (secondary N) is 4. The molecule has 0 spiro atoms. The minimum Gasteiger partial charge on any atom is -0.493 e. The Labute approximate surface area is 237 Å². The van der Waals surface area contributed by atoms with E-state index in [1.807, 2.05) is 6.07 Å². The molecule has 0 aromatic heterocycles. The van der Waals surface area contributed by atoms with Crippen molar-refractivity contribution in [3.05, 3.63) is 58.1 Å². The molecule has 8 nitrogen and oxygen atoms in total. The van der Waals surface area contributed by atoms with Gasteiger partial charge in [0.1, 0.15) is 5.75 Å². The Bertz CT molecular complexity index is 1120. The maximum absolute atomic E-state index is 12.8. The van der Waals surface area contributed by atoms with Crippen LogP contribution in [0.15, 0.2) is 46.9 Å². The van der Waals surface area contributed by atoms with Crippen molar-refractivity contribution < 1.29 is 19.1 Å². The number of hydrogen-bond acceptors (Lipinski definition) is 5. The van der Waals surface area contributed by atoms with Crippen LogP contribution in [0.1, 0.15) is 85.4 Å². The molecule has 1 saturated carbocycles. The van der Waals surface area contributed by atoms with Gasteiger partial charge in [0.25, 0.3) is 11.8 Å². The molecule has 0 atom stereocenters. The summed E-state index contributed by atoms with van der Waals surface area (Å²) >= 11 is 8.57. The van der Waals surface area contributed by atoms with E-state index in [-0.39, 0.29) is 16.9 Å². The normalized spacial score (nSPS) is 13.3. The van der Waals surface area contributed by atoms with Crippen LogP contribution in [0.5, 0.6) is 5.75 Å². The number of ether oxygens (including phenoxy) is 1. The number of benzene rings is 2. The van der Waals surface area contributed by atoms with E-state index in [4.69, 9.17) is 17.0 Å². The summed E-state index contributed by atoms with van der Waals surface area (Å²) in [5.74, 6) is -0.354. The molecule has 0 heterocycles. The van der Waals surface area contributed by atoms with Gasteiger partial charge in [-0.1, -0.05) is 61.4 Å². The summed E-state index contributed by atoms with van der Waals surface area (Å²) in [6.45, 7) is 2.66. The Balaban J connectivity index is 1.47. The van der Waals surface area contributed by atoms with Crippen LogP contribution in [0.25, 0.3) is 0 Å². The number of unbranched alkanes of at least 4 members (excludes halogenated alkanes) is 3. The fraction of sp³-hybridized carbons (Fsp3) is 0.429. The number of carbonyl (C=O) groups excluding carboxylic acids is 3. The molecule has 0 saturated heterocycles. The number of hydrogen-bond donors (Lipinski definition) is 4. The molecule has 204 valence electrons. The molecule has 2 aromatic rings. The lowest BCUT2D eigenvalue weighted by molar-refractivity contribution is -0.120. The van der Waals surface area contributed by atoms with E-state index in [1.165, 1.54) is 6.42 Å². The molecule has 1 fully saturated rings. The van der Waals surface area contributed by atoms with Crippen LogP contribution in [0, 0.1) is 5.92 Å². The summed E-state index contributed by atoms with van der Waals surface area (Å²) in [6, 6.07) is 11.8. The van der Waals surface area contributed by atoms with Gasteiger partial charge in [-0.2, -0.15) is 0 Å². The maximum Gasteiger partial charge on any atom is 0.269 e. The van der Waals surface area contributed by atoms with E-state index in [1.54, 1.807) is 36.4 Å². The number of hydrazine groups is 1. The minimum atomic E-state index is -0.459. The number of rotatable bonds is 10. The quantitative estimate of drug-likeness (QED) is 0.154. The largest absolute Gasteiger partial charge is 0.493 e. The van der Waals surface area contributed by atoms with Crippen LogP contribution < -0.4 is 26.2 Å². The highest BCUT2D eigenvalue weighted by Crippen LogP contribution is 2.25. The van der Waals surface area contributed by atoms with E-state index in [0.29, 0.717) is 29.2 Å². The summed E-state index contributed by atoms with van der Waals surface area (Å²) in [4.78, 5) is 37.8. The average molecular weight is 604 g/mol. The Morgan fingerprint density at radius 1 is 0.947 bits per heavy atom. The first kappa shape index (κ1) is 29.6. The second kappa shape index (κ2) is 15.4. The van der Waals surface area contributed by atoms with Crippen molar-refractivity contribution in [2.45, 2.75) is 64.7 Å². The lowest BCUT2D eigenvalue weighted by atomic mass is 9.88. The first-order valence-corrected chi connectivity index (χ1v) is 14.3. The molecule has 10 heteroatoms. The summed E-state index contributed by atoms with van der Waals surface area (Å²) in [5.41, 5.74) is 6.37. The zero-order valence-corrected chi connectivity index (χ0v) is 24.0. The zero-order chi connectivity index (χ0) is 27.3. The van der Waals surface area contributed by atoms with Gasteiger partial charge in [-0.15, -0.1) is 0 Å². The minimum absolute atomic E-state index is 0.0279. The number of anilines is 1. The van der Waals surface area contributed by atoms with Gasteiger partial charge in [0.15, 0.2) is 5.11 Å². The molecule has 3 rings (SSSR count). The monoisotopic (exact) mass is 602 g/mol. The molecule has 0 unspecified atom stereocenters. The third-order valence-corrected chi connectivity index (χ3v) is 7.05. The Morgan fingerprint density at radius 3 is 2.39 bits per heavy atom. The molecule has 4 N–H and O–H groups in total. The second-order valence-electron chi connectivity index (χ2n) is 9.31. The van der Waals surface area contributed by atoms with E-state index < -0.39 is 11.8 Å². The predicted molar refractivity (Wildman–Crippen MR) is 156 cm³/mol. The van der Waals surface area contributed by atoms with Crippen molar-refractivity contribution >= 4 is 56.7 Å². The third-order valence-electron chi connectivity index (χ3n) is 6.35. The highest BCUT2D eigenvalue weighted by Gasteiger charge is 2.21. The molecular weight excluding hydrogens is 568 g/mol. The summed E-state index contributed by atoms with van der Waals surface area (Å²) in [6.07, 6.45) is 9.46. The zero-order valence-electron chi connectivity index (χ0n) is 21.6. The smallest absolute Gasteiger partial charge is 0.269 e. The van der Waals surface area contributed by atoms with Crippen molar-refractivity contribution in [2.24, 2.45) is 5.92 Å². The van der Waals surface area contributed by atoms with Crippen LogP contribution in [0.2, 0.25) is 0 Å². The molecule has 2 aromatic carbocycles. The van der Waals surface area contributed by atoms with Gasteiger partial charge in [-0.05, 0) is 73.9 Å². The molecule has 38 heavy (non-hydrogen) atoms. The molecule has 1 aliphatic carbocycles. The molecule has 3 amide bonds. The van der Waals surface area contributed by atoms with Crippen molar-refractivity contribution in [3.63, 3.8) is 0 Å². The number of thiocarbonyl (C=S) groups is 1. The van der Waals surface area contributed by atoms with E-state index >= 15 is 0 Å². The van der Waals surface area contributed by atoms with E-state index in [9.17, 15) is 14.4 Å². The standard InChI is InChI=1S/C28H35BrN4O4S/c1-2-3-4-8-17-37-24-16-13-21(29)18-23(24)27(36)31-28(38)33-32-26(35)20-11-14-22(15-12-20)30-25(34)19-9-6-5-7-10-19/h11-16,18-19H,2-10,17H2,1H3,(H,30,34)(H,32,35)(H2,31,33,36,38). The Hall–Kier alpha value is -2.98. The topological polar surface area (TPSA) is 109 Å². The van der Waals surface area contributed by atoms with Gasteiger partial charge in [-0.25, -0.2) is 0 Å². The van der Waals surface area contributed by atoms with Gasteiger partial charge in [0.2, 0.25) is 5.91 Å². The second-order valence-corrected chi connectivity index (χ2v) is 10.6. The van der Waals surface area contributed by atoms with Gasteiger partial charge < -0.3 is 10.1 Å². The van der Waals surface area contributed by atoms with E-state index in [2.05, 4.69) is 44.3 Å². The van der Waals surface area contributed by atoms with Crippen molar-refractivity contribution in [3.8, 4) is 5.75 Å². The molecule has 0 aliphatic heterocycles. The fourth-order valence-electron chi connectivity index (χ4n) is 4.22. The lowest BCUT2D eigenvalue weighted by Gasteiger charge is -2.20. The summed E-state index contributed by atoms with van der Waals surface area (Å²) in [7, 11) is 0. The fourth-order valence-corrected chi connectivity index (χ4v) is 4.72. The number of halogens is 1. The molecule has 1 aliphatic rings. The van der Waals surface area contributed by atoms with Crippen LogP contribution in [-0.4, -0.2) is 29.4 Å². The van der Waals surface area contributed by atoms with Crippen molar-refractivity contribution in [1.29, 1.82) is 0 Å². The van der Waals surface area contributed by atoms with Crippen molar-refractivity contribution in [1.82, 2.24) is 16.2 Å². The predicted octanol–water partition coefficient (Wildman–Crippen LogP) is 5.88. The van der Waals surface area contributed by atoms with Gasteiger partial charge >= 0.3 is 0 Å². The van der Waals surface area contributed by atoms with Gasteiger partial charge in [0, 0.05) is 21.6 Å². The molecule has 0 radical (unpaired) electrons. The SMILES string of the molecule is CCCCCCOc1ccc(Br)cc1C(=O)NC(=S)NNC(=O)c1ccc(NC(=O)C2CCCCC2)cc1.